The SMILES string of the molecule is CC(C)(C)OC(=O)N1CCC(c2ccc(-c3ccc(C(=O)Nc4ccccn4)cc3)c3c(N)ncnc23)C1. The van der Waals surface area contributed by atoms with Crippen LogP contribution in [0.2, 0.25) is 0 Å². The number of ether oxygens (including phenoxy) is 1. The number of aromatic nitrogens is 3. The second-order valence-electron chi connectivity index (χ2n) is 10.3. The summed E-state index contributed by atoms with van der Waals surface area (Å²) in [5, 5.41) is 3.55. The number of hydrogen-bond acceptors (Lipinski definition) is 7. The van der Waals surface area contributed by atoms with Gasteiger partial charge in [0.05, 0.1) is 10.9 Å². The fourth-order valence-electron chi connectivity index (χ4n) is 4.72. The summed E-state index contributed by atoms with van der Waals surface area (Å²) in [5.41, 5.74) is 9.89. The summed E-state index contributed by atoms with van der Waals surface area (Å²) in [6, 6.07) is 16.7. The normalized spacial score (nSPS) is 15.4. The molecule has 5 rings (SSSR count). The van der Waals surface area contributed by atoms with E-state index in [0.717, 1.165) is 34.0 Å². The number of nitrogens with one attached hydrogen (secondary N) is 1. The van der Waals surface area contributed by atoms with Crippen molar-refractivity contribution in [1.29, 1.82) is 0 Å². The first-order valence-electron chi connectivity index (χ1n) is 12.5. The number of likely N-dealkylation sites (tertiary alicyclic amines) is 1. The summed E-state index contributed by atoms with van der Waals surface area (Å²) in [6.45, 7) is 6.76. The Morgan fingerprint density at radius 2 is 1.82 bits per heavy atom. The molecule has 2 aromatic heterocycles. The average Bonchev–Trinajstić information content (AvgIpc) is 3.38. The summed E-state index contributed by atoms with van der Waals surface area (Å²) in [6.07, 6.45) is 3.59. The van der Waals surface area contributed by atoms with Crippen molar-refractivity contribution in [1.82, 2.24) is 19.9 Å². The van der Waals surface area contributed by atoms with E-state index >= 15 is 0 Å². The summed E-state index contributed by atoms with van der Waals surface area (Å²) in [4.78, 5) is 40.0. The molecule has 0 aliphatic carbocycles. The zero-order chi connectivity index (χ0) is 26.9. The number of anilines is 2. The van der Waals surface area contributed by atoms with E-state index in [-0.39, 0.29) is 17.9 Å². The Balaban J connectivity index is 1.41. The highest BCUT2D eigenvalue weighted by atomic mass is 16.6. The van der Waals surface area contributed by atoms with Crippen molar-refractivity contribution in [2.75, 3.05) is 24.1 Å². The van der Waals surface area contributed by atoms with Gasteiger partial charge in [-0.2, -0.15) is 0 Å². The number of pyridine rings is 1. The maximum atomic E-state index is 12.6. The van der Waals surface area contributed by atoms with Gasteiger partial charge in [-0.3, -0.25) is 4.79 Å². The fraction of sp³-hybridized carbons (Fsp3) is 0.276. The Morgan fingerprint density at radius 1 is 1.03 bits per heavy atom. The fourth-order valence-corrected chi connectivity index (χ4v) is 4.72. The lowest BCUT2D eigenvalue weighted by Crippen LogP contribution is -2.35. The molecule has 0 spiro atoms. The molecule has 1 fully saturated rings. The van der Waals surface area contributed by atoms with Crippen LogP contribution in [-0.2, 0) is 4.74 Å². The molecule has 0 radical (unpaired) electrons. The zero-order valence-corrected chi connectivity index (χ0v) is 21.6. The molecular formula is C29H30N6O3. The van der Waals surface area contributed by atoms with Crippen molar-refractivity contribution in [2.24, 2.45) is 0 Å². The standard InChI is InChI=1S/C29H30N6O3/c1-29(2,3)38-28(37)35-15-13-20(16-35)22-12-11-21(24-25(22)32-17-33-26(24)30)18-7-9-19(10-8-18)27(36)34-23-6-4-5-14-31-23/h4-12,14,17,20H,13,15-16H2,1-3H3,(H2,30,32,33)(H,31,34,36). The number of benzene rings is 2. The molecule has 0 saturated carbocycles. The van der Waals surface area contributed by atoms with Crippen LogP contribution in [0.5, 0.6) is 0 Å². The van der Waals surface area contributed by atoms with Gasteiger partial charge in [0.1, 0.15) is 23.6 Å². The van der Waals surface area contributed by atoms with Gasteiger partial charge in [-0.25, -0.2) is 19.7 Å². The van der Waals surface area contributed by atoms with Crippen molar-refractivity contribution >= 4 is 34.5 Å². The second-order valence-corrected chi connectivity index (χ2v) is 10.3. The van der Waals surface area contributed by atoms with E-state index in [9.17, 15) is 9.59 Å². The van der Waals surface area contributed by atoms with Crippen molar-refractivity contribution in [2.45, 2.75) is 38.7 Å². The van der Waals surface area contributed by atoms with Crippen LogP contribution >= 0.6 is 0 Å². The van der Waals surface area contributed by atoms with Crippen molar-refractivity contribution in [3.63, 3.8) is 0 Å². The molecule has 4 aromatic rings. The quantitative estimate of drug-likeness (QED) is 0.384. The molecular weight excluding hydrogens is 480 g/mol. The second kappa shape index (κ2) is 10.1. The number of carbonyl (C=O) groups excluding carboxylic acids is 2. The summed E-state index contributed by atoms with van der Waals surface area (Å²) >= 11 is 0. The molecule has 1 saturated heterocycles. The average molecular weight is 511 g/mol. The first kappa shape index (κ1) is 25.1. The molecule has 1 unspecified atom stereocenters. The highest BCUT2D eigenvalue weighted by molar-refractivity contribution is 6.05. The van der Waals surface area contributed by atoms with Crippen LogP contribution in [0.4, 0.5) is 16.4 Å². The summed E-state index contributed by atoms with van der Waals surface area (Å²) in [5.74, 6) is 0.733. The summed E-state index contributed by atoms with van der Waals surface area (Å²) < 4.78 is 5.56. The van der Waals surface area contributed by atoms with Crippen LogP contribution in [0, 0.1) is 0 Å². The molecule has 0 bridgehead atoms. The number of hydrogen-bond donors (Lipinski definition) is 2. The molecule has 2 amide bonds. The van der Waals surface area contributed by atoms with Crippen LogP contribution in [-0.4, -0.2) is 50.5 Å². The molecule has 9 heteroatoms. The van der Waals surface area contributed by atoms with Gasteiger partial charge in [0.2, 0.25) is 0 Å². The van der Waals surface area contributed by atoms with E-state index < -0.39 is 5.60 Å². The molecule has 194 valence electrons. The predicted molar refractivity (Wildman–Crippen MR) is 147 cm³/mol. The monoisotopic (exact) mass is 510 g/mol. The van der Waals surface area contributed by atoms with Crippen molar-refractivity contribution in [3.05, 3.63) is 78.2 Å². The highest BCUT2D eigenvalue weighted by Crippen LogP contribution is 2.38. The topological polar surface area (TPSA) is 123 Å². The lowest BCUT2D eigenvalue weighted by Gasteiger charge is -2.24. The molecule has 1 atom stereocenters. The maximum Gasteiger partial charge on any atom is 0.410 e. The van der Waals surface area contributed by atoms with Gasteiger partial charge >= 0.3 is 6.09 Å². The number of nitrogens with two attached hydrogens (primary N) is 1. The van der Waals surface area contributed by atoms with Crippen LogP contribution in [0.15, 0.2) is 67.1 Å². The number of carbonyl (C=O) groups is 2. The predicted octanol–water partition coefficient (Wildman–Crippen LogP) is 5.25. The van der Waals surface area contributed by atoms with Crippen LogP contribution in [0.25, 0.3) is 22.0 Å². The molecule has 3 heterocycles. The number of nitrogen functional groups attached to an aromatic ring is 1. The van der Waals surface area contributed by atoms with Gasteiger partial charge in [0.25, 0.3) is 5.91 Å². The molecule has 9 nitrogen and oxygen atoms in total. The number of fused-ring (bicyclic) bond motifs is 1. The van der Waals surface area contributed by atoms with Gasteiger partial charge in [0.15, 0.2) is 0 Å². The van der Waals surface area contributed by atoms with Crippen LogP contribution in [0.3, 0.4) is 0 Å². The molecule has 2 aromatic carbocycles. The van der Waals surface area contributed by atoms with Gasteiger partial charge in [-0.05, 0) is 68.1 Å². The van der Waals surface area contributed by atoms with E-state index in [0.29, 0.717) is 30.3 Å². The molecule has 38 heavy (non-hydrogen) atoms. The van der Waals surface area contributed by atoms with Crippen molar-refractivity contribution < 1.29 is 14.3 Å². The third-order valence-corrected chi connectivity index (χ3v) is 6.49. The van der Waals surface area contributed by atoms with E-state index in [1.54, 1.807) is 35.4 Å². The van der Waals surface area contributed by atoms with E-state index in [4.69, 9.17) is 10.5 Å². The lowest BCUT2D eigenvalue weighted by molar-refractivity contribution is 0.0292. The molecule has 3 N–H and O–H groups in total. The minimum Gasteiger partial charge on any atom is -0.444 e. The number of amides is 2. The smallest absolute Gasteiger partial charge is 0.410 e. The van der Waals surface area contributed by atoms with Gasteiger partial charge in [-0.15, -0.1) is 0 Å². The van der Waals surface area contributed by atoms with Crippen LogP contribution in [0.1, 0.15) is 49.0 Å². The first-order chi connectivity index (χ1) is 18.2. The Hall–Kier alpha value is -4.53. The van der Waals surface area contributed by atoms with Crippen molar-refractivity contribution in [3.8, 4) is 11.1 Å². The van der Waals surface area contributed by atoms with E-state index in [1.807, 2.05) is 45.0 Å². The largest absolute Gasteiger partial charge is 0.444 e. The number of nitrogens with zero attached hydrogens (tertiary/aromatic N) is 4. The third kappa shape index (κ3) is 5.27. The molecule has 1 aliphatic heterocycles. The van der Waals surface area contributed by atoms with Crippen LogP contribution < -0.4 is 11.1 Å². The Kier molecular flexibility index (Phi) is 6.67. The van der Waals surface area contributed by atoms with Gasteiger partial charge < -0.3 is 20.7 Å². The maximum absolute atomic E-state index is 12.6. The summed E-state index contributed by atoms with van der Waals surface area (Å²) in [7, 11) is 0. The lowest BCUT2D eigenvalue weighted by atomic mass is 9.91. The zero-order valence-electron chi connectivity index (χ0n) is 21.6. The van der Waals surface area contributed by atoms with Gasteiger partial charge in [-0.1, -0.05) is 30.3 Å². The third-order valence-electron chi connectivity index (χ3n) is 6.49. The number of rotatable bonds is 4. The highest BCUT2D eigenvalue weighted by Gasteiger charge is 2.32. The minimum atomic E-state index is -0.542. The Bertz CT molecular complexity index is 1480. The Labute approximate surface area is 221 Å². The minimum absolute atomic E-state index is 0.103. The first-order valence-corrected chi connectivity index (χ1v) is 12.5. The Morgan fingerprint density at radius 3 is 2.53 bits per heavy atom. The van der Waals surface area contributed by atoms with Gasteiger partial charge in [0, 0.05) is 30.8 Å². The van der Waals surface area contributed by atoms with E-state index in [2.05, 4.69) is 26.3 Å². The molecule has 1 aliphatic rings. The van der Waals surface area contributed by atoms with E-state index in [1.165, 1.54) is 6.33 Å².